The lowest BCUT2D eigenvalue weighted by Gasteiger charge is -2.32. The van der Waals surface area contributed by atoms with Crippen molar-refractivity contribution in [2.75, 3.05) is 13.1 Å². The molecule has 26 heavy (non-hydrogen) atoms. The van der Waals surface area contributed by atoms with Crippen molar-refractivity contribution in [3.63, 3.8) is 0 Å². The average molecular weight is 370 g/mol. The number of carbonyl (C=O) groups excluding carboxylic acids is 1. The van der Waals surface area contributed by atoms with E-state index in [1.165, 1.54) is 12.1 Å². The third kappa shape index (κ3) is 3.53. The smallest absolute Gasteiger partial charge is 0.253 e. The number of thiazole rings is 1. The molecule has 1 atom stereocenters. The molecule has 1 aliphatic rings. The quantitative estimate of drug-likeness (QED) is 0.706. The van der Waals surface area contributed by atoms with Gasteiger partial charge in [-0.25, -0.2) is 14.4 Å². The van der Waals surface area contributed by atoms with Gasteiger partial charge in [-0.05, 0) is 31.0 Å². The first-order chi connectivity index (χ1) is 12.7. The van der Waals surface area contributed by atoms with E-state index in [9.17, 15) is 9.18 Å². The van der Waals surface area contributed by atoms with Gasteiger partial charge in [0.15, 0.2) is 0 Å². The Morgan fingerprint density at radius 1 is 1.35 bits per heavy atom. The van der Waals surface area contributed by atoms with Gasteiger partial charge < -0.3 is 9.47 Å². The number of piperidine rings is 1. The molecule has 0 saturated carbocycles. The summed E-state index contributed by atoms with van der Waals surface area (Å²) < 4.78 is 15.5. The Morgan fingerprint density at radius 3 is 3.08 bits per heavy atom. The summed E-state index contributed by atoms with van der Waals surface area (Å²) in [6, 6.07) is 5.89. The first kappa shape index (κ1) is 16.9. The summed E-state index contributed by atoms with van der Waals surface area (Å²) in [6.45, 7) is 1.98. The number of aromatic nitrogens is 3. The zero-order valence-electron chi connectivity index (χ0n) is 14.2. The maximum Gasteiger partial charge on any atom is 0.253 e. The van der Waals surface area contributed by atoms with Gasteiger partial charge in [-0.1, -0.05) is 6.07 Å². The first-order valence-corrected chi connectivity index (χ1v) is 9.58. The molecule has 7 heteroatoms. The van der Waals surface area contributed by atoms with Gasteiger partial charge in [0.05, 0.1) is 17.7 Å². The second-order valence-corrected chi connectivity index (χ2v) is 7.21. The van der Waals surface area contributed by atoms with Crippen LogP contribution in [0.15, 0.2) is 47.5 Å². The summed E-state index contributed by atoms with van der Waals surface area (Å²) in [5.41, 5.74) is 3.24. The Kier molecular flexibility index (Phi) is 4.79. The monoisotopic (exact) mass is 370 g/mol. The minimum absolute atomic E-state index is 0.119. The van der Waals surface area contributed by atoms with Gasteiger partial charge in [-0.15, -0.1) is 11.3 Å². The lowest BCUT2D eigenvalue weighted by atomic mass is 9.96. The predicted molar refractivity (Wildman–Crippen MR) is 97.7 cm³/mol. The number of likely N-dealkylation sites (tertiary alicyclic amines) is 1. The second-order valence-electron chi connectivity index (χ2n) is 6.49. The summed E-state index contributed by atoms with van der Waals surface area (Å²) >= 11 is 1.58. The SMILES string of the molecule is O=C(c1cccc(F)c1)N1CCC[C@@H](c2nccn2Cc2cscn2)C1. The number of rotatable bonds is 4. The van der Waals surface area contributed by atoms with Crippen molar-refractivity contribution in [2.24, 2.45) is 0 Å². The molecule has 134 valence electrons. The molecule has 1 aliphatic heterocycles. The fourth-order valence-corrected chi connectivity index (χ4v) is 4.03. The molecule has 0 spiro atoms. The highest BCUT2D eigenvalue weighted by Gasteiger charge is 2.28. The number of hydrogen-bond donors (Lipinski definition) is 0. The Labute approximate surface area is 155 Å². The van der Waals surface area contributed by atoms with Crippen LogP contribution in [0.3, 0.4) is 0 Å². The Bertz CT molecular complexity index is 893. The van der Waals surface area contributed by atoms with E-state index in [-0.39, 0.29) is 17.6 Å². The van der Waals surface area contributed by atoms with Crippen LogP contribution in [0.4, 0.5) is 4.39 Å². The van der Waals surface area contributed by atoms with E-state index in [0.29, 0.717) is 25.2 Å². The van der Waals surface area contributed by atoms with E-state index in [1.807, 2.05) is 22.0 Å². The molecule has 3 aromatic rings. The van der Waals surface area contributed by atoms with Crippen molar-refractivity contribution in [1.29, 1.82) is 0 Å². The van der Waals surface area contributed by atoms with Crippen LogP contribution in [0.1, 0.15) is 40.6 Å². The van der Waals surface area contributed by atoms with Crippen molar-refractivity contribution in [3.05, 3.63) is 70.4 Å². The van der Waals surface area contributed by atoms with Crippen LogP contribution in [0.2, 0.25) is 0 Å². The highest BCUT2D eigenvalue weighted by atomic mass is 32.1. The van der Waals surface area contributed by atoms with Crippen LogP contribution in [-0.2, 0) is 6.54 Å². The highest BCUT2D eigenvalue weighted by molar-refractivity contribution is 7.07. The van der Waals surface area contributed by atoms with Crippen LogP contribution in [0.25, 0.3) is 0 Å². The van der Waals surface area contributed by atoms with Gasteiger partial charge in [0.1, 0.15) is 11.6 Å². The van der Waals surface area contributed by atoms with E-state index < -0.39 is 0 Å². The van der Waals surface area contributed by atoms with Crippen molar-refractivity contribution in [3.8, 4) is 0 Å². The summed E-state index contributed by atoms with van der Waals surface area (Å²) in [7, 11) is 0. The van der Waals surface area contributed by atoms with Crippen molar-refractivity contribution in [1.82, 2.24) is 19.4 Å². The van der Waals surface area contributed by atoms with E-state index in [0.717, 1.165) is 24.4 Å². The van der Waals surface area contributed by atoms with Gasteiger partial charge in [0.2, 0.25) is 0 Å². The van der Waals surface area contributed by atoms with Crippen molar-refractivity contribution in [2.45, 2.75) is 25.3 Å². The normalized spacial score (nSPS) is 17.4. The molecule has 1 saturated heterocycles. The molecule has 4 rings (SSSR count). The maximum atomic E-state index is 13.4. The topological polar surface area (TPSA) is 51.0 Å². The van der Waals surface area contributed by atoms with Gasteiger partial charge in [0, 0.05) is 42.3 Å². The van der Waals surface area contributed by atoms with Gasteiger partial charge in [0.25, 0.3) is 5.91 Å². The van der Waals surface area contributed by atoms with E-state index in [1.54, 1.807) is 29.7 Å². The third-order valence-electron chi connectivity index (χ3n) is 4.71. The summed E-state index contributed by atoms with van der Waals surface area (Å²) in [6.07, 6.45) is 5.66. The molecule has 0 radical (unpaired) electrons. The minimum atomic E-state index is -0.386. The van der Waals surface area contributed by atoms with Crippen molar-refractivity contribution >= 4 is 17.2 Å². The second kappa shape index (κ2) is 7.37. The molecule has 1 fully saturated rings. The lowest BCUT2D eigenvalue weighted by molar-refractivity contribution is 0.0703. The molecule has 0 bridgehead atoms. The maximum absolute atomic E-state index is 13.4. The number of halogens is 1. The minimum Gasteiger partial charge on any atom is -0.338 e. The zero-order chi connectivity index (χ0) is 17.9. The largest absolute Gasteiger partial charge is 0.338 e. The Balaban J connectivity index is 1.51. The van der Waals surface area contributed by atoms with Gasteiger partial charge >= 0.3 is 0 Å². The fourth-order valence-electron chi connectivity index (χ4n) is 3.48. The molecule has 0 N–H and O–H groups in total. The molecule has 1 amide bonds. The summed E-state index contributed by atoms with van der Waals surface area (Å²) in [4.78, 5) is 23.4. The Hall–Kier alpha value is -2.54. The number of carbonyl (C=O) groups is 1. The Morgan fingerprint density at radius 2 is 2.27 bits per heavy atom. The predicted octanol–water partition coefficient (Wildman–Crippen LogP) is 3.55. The van der Waals surface area contributed by atoms with E-state index >= 15 is 0 Å². The average Bonchev–Trinajstić information content (AvgIpc) is 3.34. The molecule has 5 nitrogen and oxygen atoms in total. The first-order valence-electron chi connectivity index (χ1n) is 8.63. The van der Waals surface area contributed by atoms with Gasteiger partial charge in [-0.3, -0.25) is 4.79 Å². The number of imidazole rings is 1. The van der Waals surface area contributed by atoms with Crippen LogP contribution >= 0.6 is 11.3 Å². The standard InChI is InChI=1S/C19H19FN4OS/c20-16-5-1-3-14(9-16)19(25)24-7-2-4-15(10-24)18-21-6-8-23(18)11-17-12-26-13-22-17/h1,3,5-6,8-9,12-13,15H,2,4,7,10-11H2/t15-/m1/s1. The molecule has 0 aliphatic carbocycles. The summed E-state index contributed by atoms with van der Waals surface area (Å²) in [5, 5.41) is 2.03. The number of nitrogens with zero attached hydrogens (tertiary/aromatic N) is 4. The molecule has 3 heterocycles. The van der Waals surface area contributed by atoms with Crippen LogP contribution in [0.5, 0.6) is 0 Å². The lowest BCUT2D eigenvalue weighted by Crippen LogP contribution is -2.39. The molecule has 1 aromatic carbocycles. The molecule has 0 unspecified atom stereocenters. The van der Waals surface area contributed by atoms with E-state index in [4.69, 9.17) is 0 Å². The van der Waals surface area contributed by atoms with E-state index in [2.05, 4.69) is 14.5 Å². The molecular formula is C19H19FN4OS. The fraction of sp³-hybridized carbons (Fsp3) is 0.316. The zero-order valence-corrected chi connectivity index (χ0v) is 15.0. The number of benzene rings is 1. The van der Waals surface area contributed by atoms with Crippen LogP contribution < -0.4 is 0 Å². The van der Waals surface area contributed by atoms with Crippen LogP contribution in [-0.4, -0.2) is 38.4 Å². The number of amides is 1. The highest BCUT2D eigenvalue weighted by Crippen LogP contribution is 2.27. The van der Waals surface area contributed by atoms with Crippen molar-refractivity contribution < 1.29 is 9.18 Å². The van der Waals surface area contributed by atoms with Gasteiger partial charge in [-0.2, -0.15) is 0 Å². The summed E-state index contributed by atoms with van der Waals surface area (Å²) in [5.74, 6) is 0.652. The molecule has 2 aromatic heterocycles. The molecular weight excluding hydrogens is 351 g/mol. The van der Waals surface area contributed by atoms with Crippen LogP contribution in [0, 0.1) is 5.82 Å². The number of hydrogen-bond acceptors (Lipinski definition) is 4. The third-order valence-corrected chi connectivity index (χ3v) is 5.34.